The third-order valence-corrected chi connectivity index (χ3v) is 3.45. The highest BCUT2D eigenvalue weighted by Gasteiger charge is 2.07. The molecule has 17 heavy (non-hydrogen) atoms. The number of benzene rings is 1. The molecule has 0 atom stereocenters. The summed E-state index contributed by atoms with van der Waals surface area (Å²) in [5, 5.41) is 4.79. The minimum atomic E-state index is 0.519. The SMILES string of the molecule is CCn1c(CNC(C)C)cc2cc(Br)ccc21. The zero-order chi connectivity index (χ0) is 12.4. The van der Waals surface area contributed by atoms with Gasteiger partial charge in [0.05, 0.1) is 0 Å². The molecular weight excluding hydrogens is 276 g/mol. The van der Waals surface area contributed by atoms with Gasteiger partial charge in [0.1, 0.15) is 0 Å². The number of hydrogen-bond acceptors (Lipinski definition) is 1. The van der Waals surface area contributed by atoms with Crippen molar-refractivity contribution in [2.24, 2.45) is 0 Å². The highest BCUT2D eigenvalue weighted by molar-refractivity contribution is 9.10. The number of nitrogens with one attached hydrogen (secondary N) is 1. The van der Waals surface area contributed by atoms with Crippen LogP contribution in [-0.2, 0) is 13.1 Å². The van der Waals surface area contributed by atoms with Crippen molar-refractivity contribution in [1.29, 1.82) is 0 Å². The van der Waals surface area contributed by atoms with E-state index in [-0.39, 0.29) is 0 Å². The van der Waals surface area contributed by atoms with E-state index >= 15 is 0 Å². The summed E-state index contributed by atoms with van der Waals surface area (Å²) in [6, 6.07) is 9.26. The van der Waals surface area contributed by atoms with E-state index in [4.69, 9.17) is 0 Å². The molecule has 0 amide bonds. The van der Waals surface area contributed by atoms with E-state index in [9.17, 15) is 0 Å². The van der Waals surface area contributed by atoms with Crippen LogP contribution in [0.3, 0.4) is 0 Å². The molecule has 0 unspecified atom stereocenters. The summed E-state index contributed by atoms with van der Waals surface area (Å²) in [7, 11) is 0. The van der Waals surface area contributed by atoms with Crippen molar-refractivity contribution in [1.82, 2.24) is 9.88 Å². The van der Waals surface area contributed by atoms with Crippen molar-refractivity contribution < 1.29 is 0 Å². The van der Waals surface area contributed by atoms with Crippen molar-refractivity contribution in [3.8, 4) is 0 Å². The first-order valence-electron chi connectivity index (χ1n) is 6.13. The molecule has 0 saturated heterocycles. The molecule has 0 saturated carbocycles. The van der Waals surface area contributed by atoms with Crippen LogP contribution in [0.5, 0.6) is 0 Å². The highest BCUT2D eigenvalue weighted by Crippen LogP contribution is 2.23. The lowest BCUT2D eigenvalue weighted by Gasteiger charge is -2.11. The molecule has 1 N–H and O–H groups in total. The summed E-state index contributed by atoms with van der Waals surface area (Å²) in [6.45, 7) is 8.49. The topological polar surface area (TPSA) is 17.0 Å². The number of halogens is 1. The molecule has 0 aliphatic heterocycles. The van der Waals surface area contributed by atoms with Crippen LogP contribution in [0.2, 0.25) is 0 Å². The first kappa shape index (κ1) is 12.7. The maximum atomic E-state index is 3.53. The van der Waals surface area contributed by atoms with Crippen LogP contribution >= 0.6 is 15.9 Å². The van der Waals surface area contributed by atoms with Crippen LogP contribution in [0.4, 0.5) is 0 Å². The summed E-state index contributed by atoms with van der Waals surface area (Å²) in [5.74, 6) is 0. The molecule has 1 aromatic carbocycles. The first-order chi connectivity index (χ1) is 8.11. The molecule has 2 rings (SSSR count). The lowest BCUT2D eigenvalue weighted by Crippen LogP contribution is -2.23. The third kappa shape index (κ3) is 2.72. The molecule has 92 valence electrons. The zero-order valence-electron chi connectivity index (χ0n) is 10.6. The van der Waals surface area contributed by atoms with E-state index in [1.807, 2.05) is 0 Å². The molecule has 0 aliphatic carbocycles. The molecule has 0 fully saturated rings. The van der Waals surface area contributed by atoms with Gasteiger partial charge in [-0.25, -0.2) is 0 Å². The van der Waals surface area contributed by atoms with Gasteiger partial charge in [-0.3, -0.25) is 0 Å². The standard InChI is InChI=1S/C14H19BrN2/c1-4-17-13(9-16-10(2)3)8-11-7-12(15)5-6-14(11)17/h5-8,10,16H,4,9H2,1-3H3. The zero-order valence-corrected chi connectivity index (χ0v) is 12.2. The Morgan fingerprint density at radius 1 is 1.29 bits per heavy atom. The van der Waals surface area contributed by atoms with Crippen LogP contribution < -0.4 is 5.32 Å². The Kier molecular flexibility index (Phi) is 3.89. The van der Waals surface area contributed by atoms with Crippen LogP contribution in [0.25, 0.3) is 10.9 Å². The predicted octanol–water partition coefficient (Wildman–Crippen LogP) is 3.92. The molecular formula is C14H19BrN2. The van der Waals surface area contributed by atoms with Crippen molar-refractivity contribution in [2.45, 2.75) is 39.9 Å². The van der Waals surface area contributed by atoms with Crippen molar-refractivity contribution in [3.63, 3.8) is 0 Å². The molecule has 2 nitrogen and oxygen atoms in total. The van der Waals surface area contributed by atoms with Crippen molar-refractivity contribution >= 4 is 26.8 Å². The molecule has 0 spiro atoms. The molecule has 1 aromatic heterocycles. The molecule has 3 heteroatoms. The number of aromatic nitrogens is 1. The fourth-order valence-electron chi connectivity index (χ4n) is 2.13. The van der Waals surface area contributed by atoms with Crippen LogP contribution in [-0.4, -0.2) is 10.6 Å². The minimum absolute atomic E-state index is 0.519. The Morgan fingerprint density at radius 2 is 2.06 bits per heavy atom. The Morgan fingerprint density at radius 3 is 2.71 bits per heavy atom. The second kappa shape index (κ2) is 5.23. The Balaban J connectivity index is 2.41. The van der Waals surface area contributed by atoms with Gasteiger partial charge in [-0.15, -0.1) is 0 Å². The van der Waals surface area contributed by atoms with Crippen LogP contribution in [0.15, 0.2) is 28.7 Å². The predicted molar refractivity (Wildman–Crippen MR) is 77.3 cm³/mol. The van der Waals surface area contributed by atoms with E-state index in [0.717, 1.165) is 17.6 Å². The summed E-state index contributed by atoms with van der Waals surface area (Å²) in [5.41, 5.74) is 2.67. The maximum Gasteiger partial charge on any atom is 0.0483 e. The van der Waals surface area contributed by atoms with Crippen molar-refractivity contribution in [2.75, 3.05) is 0 Å². The summed E-state index contributed by atoms with van der Waals surface area (Å²) in [6.07, 6.45) is 0. The van der Waals surface area contributed by atoms with E-state index in [1.54, 1.807) is 0 Å². The van der Waals surface area contributed by atoms with Gasteiger partial charge in [0.15, 0.2) is 0 Å². The fourth-order valence-corrected chi connectivity index (χ4v) is 2.51. The van der Waals surface area contributed by atoms with Gasteiger partial charge in [-0.1, -0.05) is 29.8 Å². The molecule has 1 heterocycles. The van der Waals surface area contributed by atoms with Gasteiger partial charge >= 0.3 is 0 Å². The highest BCUT2D eigenvalue weighted by atomic mass is 79.9. The number of fused-ring (bicyclic) bond motifs is 1. The summed E-state index contributed by atoms with van der Waals surface area (Å²) < 4.78 is 3.51. The first-order valence-corrected chi connectivity index (χ1v) is 6.92. The number of rotatable bonds is 4. The summed E-state index contributed by atoms with van der Waals surface area (Å²) in [4.78, 5) is 0. The van der Waals surface area contributed by atoms with E-state index in [0.29, 0.717) is 6.04 Å². The van der Waals surface area contributed by atoms with Gasteiger partial charge in [0, 0.05) is 40.2 Å². The normalized spacial score (nSPS) is 11.6. The molecule has 0 bridgehead atoms. The van der Waals surface area contributed by atoms with E-state index in [2.05, 4.69) is 70.9 Å². The lowest BCUT2D eigenvalue weighted by atomic mass is 10.2. The van der Waals surface area contributed by atoms with Gasteiger partial charge in [-0.2, -0.15) is 0 Å². The largest absolute Gasteiger partial charge is 0.344 e. The van der Waals surface area contributed by atoms with Crippen molar-refractivity contribution in [3.05, 3.63) is 34.4 Å². The second-order valence-corrected chi connectivity index (χ2v) is 5.53. The lowest BCUT2D eigenvalue weighted by molar-refractivity contribution is 0.564. The quantitative estimate of drug-likeness (QED) is 0.904. The average molecular weight is 295 g/mol. The monoisotopic (exact) mass is 294 g/mol. The maximum absolute atomic E-state index is 3.53. The Bertz CT molecular complexity index is 514. The van der Waals surface area contributed by atoms with E-state index < -0.39 is 0 Å². The average Bonchev–Trinajstić information content (AvgIpc) is 2.62. The Hall–Kier alpha value is -0.800. The molecule has 0 aliphatic rings. The van der Waals surface area contributed by atoms with Crippen LogP contribution in [0, 0.1) is 0 Å². The van der Waals surface area contributed by atoms with Gasteiger partial charge in [0.2, 0.25) is 0 Å². The van der Waals surface area contributed by atoms with Gasteiger partial charge in [-0.05, 0) is 31.2 Å². The summed E-state index contributed by atoms with van der Waals surface area (Å²) >= 11 is 3.53. The third-order valence-electron chi connectivity index (χ3n) is 2.96. The van der Waals surface area contributed by atoms with Crippen LogP contribution in [0.1, 0.15) is 26.5 Å². The molecule has 0 radical (unpaired) electrons. The molecule has 2 aromatic rings. The number of aryl methyl sites for hydroxylation is 1. The smallest absolute Gasteiger partial charge is 0.0483 e. The van der Waals surface area contributed by atoms with E-state index in [1.165, 1.54) is 16.6 Å². The Labute approximate surface area is 111 Å². The number of nitrogens with zero attached hydrogens (tertiary/aromatic N) is 1. The second-order valence-electron chi connectivity index (χ2n) is 4.62. The minimum Gasteiger partial charge on any atom is -0.344 e. The number of hydrogen-bond donors (Lipinski definition) is 1. The van der Waals surface area contributed by atoms with Gasteiger partial charge < -0.3 is 9.88 Å². The van der Waals surface area contributed by atoms with Gasteiger partial charge in [0.25, 0.3) is 0 Å². The fraction of sp³-hybridized carbons (Fsp3) is 0.429.